The Hall–Kier alpha value is -4.76. The van der Waals surface area contributed by atoms with E-state index in [0.29, 0.717) is 27.9 Å². The molecule has 1 heterocycles. The molecule has 0 atom stereocenters. The summed E-state index contributed by atoms with van der Waals surface area (Å²) in [6.45, 7) is 1.48. The first-order valence-corrected chi connectivity index (χ1v) is 11.9. The van der Waals surface area contributed by atoms with Crippen molar-refractivity contribution in [3.8, 4) is 0 Å². The first-order chi connectivity index (χ1) is 17.5. The van der Waals surface area contributed by atoms with Crippen LogP contribution in [0.1, 0.15) is 12.6 Å². The summed E-state index contributed by atoms with van der Waals surface area (Å²) < 4.78 is 0. The maximum Gasteiger partial charge on any atom is 0.323 e. The molecule has 0 aliphatic rings. The predicted molar refractivity (Wildman–Crippen MR) is 145 cm³/mol. The fraction of sp³-hybridized carbons (Fsp3) is 0.0370. The van der Waals surface area contributed by atoms with Gasteiger partial charge >= 0.3 is 6.03 Å². The third-order valence-corrected chi connectivity index (χ3v) is 5.72. The Bertz CT molecular complexity index is 1370. The Morgan fingerprint density at radius 2 is 1.33 bits per heavy atom. The van der Waals surface area contributed by atoms with Crippen LogP contribution in [0.15, 0.2) is 96.4 Å². The number of benzene rings is 3. The summed E-state index contributed by atoms with van der Waals surface area (Å²) in [6.07, 6.45) is 2.96. The fourth-order valence-corrected chi connectivity index (χ4v) is 4.11. The number of thiazole rings is 1. The van der Waals surface area contributed by atoms with Crippen molar-refractivity contribution in [1.29, 1.82) is 0 Å². The highest BCUT2D eigenvalue weighted by atomic mass is 32.1. The van der Waals surface area contributed by atoms with Gasteiger partial charge < -0.3 is 16.0 Å². The van der Waals surface area contributed by atoms with Crippen LogP contribution in [0.3, 0.4) is 0 Å². The molecule has 0 bridgehead atoms. The second-order valence-corrected chi connectivity index (χ2v) is 8.43. The molecule has 3 N–H and O–H groups in total. The average Bonchev–Trinajstić information content (AvgIpc) is 3.33. The molecule has 9 heteroatoms. The maximum absolute atomic E-state index is 12.4. The van der Waals surface area contributed by atoms with Gasteiger partial charge in [0.25, 0.3) is 0 Å². The third kappa shape index (κ3) is 6.64. The van der Waals surface area contributed by atoms with Gasteiger partial charge in [-0.2, -0.15) is 0 Å². The van der Waals surface area contributed by atoms with Crippen molar-refractivity contribution in [2.45, 2.75) is 6.92 Å². The minimum absolute atomic E-state index is 0.153. The van der Waals surface area contributed by atoms with Gasteiger partial charge in [-0.05, 0) is 54.6 Å². The van der Waals surface area contributed by atoms with Gasteiger partial charge in [-0.25, -0.2) is 9.78 Å². The van der Waals surface area contributed by atoms with Crippen molar-refractivity contribution >= 4 is 63.1 Å². The van der Waals surface area contributed by atoms with Crippen LogP contribution < -0.4 is 20.9 Å². The molecule has 0 saturated heterocycles. The molecule has 1 aromatic heterocycles. The van der Waals surface area contributed by atoms with E-state index in [1.807, 2.05) is 48.5 Å². The molecule has 3 aromatic carbocycles. The Labute approximate surface area is 212 Å². The lowest BCUT2D eigenvalue weighted by atomic mass is 10.2. The van der Waals surface area contributed by atoms with Crippen molar-refractivity contribution in [1.82, 2.24) is 4.98 Å². The topological polar surface area (TPSA) is 103 Å². The van der Waals surface area contributed by atoms with E-state index < -0.39 is 0 Å². The first-order valence-electron chi connectivity index (χ1n) is 11.0. The number of hydrogen-bond acceptors (Lipinski definition) is 5. The number of nitrogens with zero attached hydrogens (tertiary/aromatic N) is 2. The van der Waals surface area contributed by atoms with Crippen molar-refractivity contribution in [2.24, 2.45) is 0 Å². The van der Waals surface area contributed by atoms with Crippen LogP contribution in [0.2, 0.25) is 0 Å². The maximum atomic E-state index is 12.4. The molecule has 8 nitrogen and oxygen atoms in total. The van der Waals surface area contributed by atoms with Gasteiger partial charge in [-0.1, -0.05) is 36.4 Å². The normalized spacial score (nSPS) is 10.6. The minimum Gasteiger partial charge on any atom is -0.323 e. The highest BCUT2D eigenvalue weighted by molar-refractivity contribution is 7.14. The number of para-hydroxylation sites is 2. The van der Waals surface area contributed by atoms with Crippen LogP contribution in [-0.4, -0.2) is 22.8 Å². The molecular weight excluding hydrogens is 474 g/mol. The van der Waals surface area contributed by atoms with Gasteiger partial charge in [0.15, 0.2) is 5.13 Å². The Morgan fingerprint density at radius 3 is 1.94 bits per heavy atom. The highest BCUT2D eigenvalue weighted by Gasteiger charge is 2.17. The van der Waals surface area contributed by atoms with E-state index in [2.05, 4.69) is 20.9 Å². The predicted octanol–water partition coefficient (Wildman–Crippen LogP) is 6.12. The van der Waals surface area contributed by atoms with Crippen molar-refractivity contribution in [3.63, 3.8) is 0 Å². The van der Waals surface area contributed by atoms with Crippen molar-refractivity contribution in [3.05, 3.63) is 102 Å². The lowest BCUT2D eigenvalue weighted by Gasteiger charge is -2.17. The Balaban J connectivity index is 1.32. The molecule has 180 valence electrons. The zero-order valence-electron chi connectivity index (χ0n) is 19.3. The molecule has 0 saturated carbocycles. The molecule has 4 rings (SSSR count). The third-order valence-electron chi connectivity index (χ3n) is 4.88. The van der Waals surface area contributed by atoms with Crippen molar-refractivity contribution in [2.75, 3.05) is 20.9 Å². The SMILES string of the molecule is CC(=O)N(c1ccccc1)c1nc(/C=C/C(=O)Nc2ccc(NC(=O)Nc3ccccc3)cc2)cs1. The van der Waals surface area contributed by atoms with E-state index >= 15 is 0 Å². The summed E-state index contributed by atoms with van der Waals surface area (Å²) in [7, 11) is 0. The summed E-state index contributed by atoms with van der Waals surface area (Å²) in [6, 6.07) is 24.8. The number of carbonyl (C=O) groups is 3. The Kier molecular flexibility index (Phi) is 7.84. The average molecular weight is 498 g/mol. The molecule has 0 aliphatic carbocycles. The number of amides is 4. The first kappa shape index (κ1) is 24.4. The van der Waals surface area contributed by atoms with Gasteiger partial charge in [-0.3, -0.25) is 14.5 Å². The smallest absolute Gasteiger partial charge is 0.323 e. The molecule has 0 spiro atoms. The summed E-state index contributed by atoms with van der Waals surface area (Å²) in [5, 5.41) is 10.5. The summed E-state index contributed by atoms with van der Waals surface area (Å²) in [4.78, 5) is 42.6. The zero-order valence-corrected chi connectivity index (χ0v) is 20.2. The largest absolute Gasteiger partial charge is 0.323 e. The standard InChI is InChI=1S/C27H23N5O3S/c1-19(33)32(24-10-6-3-7-11-24)27-31-23(18-36-27)16-17-25(34)28-21-12-14-22(15-13-21)30-26(35)29-20-8-4-2-5-9-20/h2-18H,1H3,(H,28,34)(H2,29,30,35)/b17-16+. The van der Waals surface area contributed by atoms with Gasteiger partial charge in [0, 0.05) is 35.4 Å². The lowest BCUT2D eigenvalue weighted by Crippen LogP contribution is -2.22. The molecular formula is C27H23N5O3S. The highest BCUT2D eigenvalue weighted by Crippen LogP contribution is 2.29. The van der Waals surface area contributed by atoms with Crippen LogP contribution in [0, 0.1) is 0 Å². The second-order valence-electron chi connectivity index (χ2n) is 7.59. The second kappa shape index (κ2) is 11.6. The van der Waals surface area contributed by atoms with Gasteiger partial charge in [0.2, 0.25) is 11.8 Å². The number of hydrogen-bond donors (Lipinski definition) is 3. The van der Waals surface area contributed by atoms with E-state index in [-0.39, 0.29) is 17.8 Å². The zero-order chi connectivity index (χ0) is 25.3. The number of aromatic nitrogens is 1. The monoisotopic (exact) mass is 497 g/mol. The summed E-state index contributed by atoms with van der Waals surface area (Å²) >= 11 is 1.31. The van der Waals surface area contributed by atoms with Gasteiger partial charge in [0.05, 0.1) is 11.4 Å². The van der Waals surface area contributed by atoms with E-state index in [0.717, 1.165) is 5.69 Å². The fourth-order valence-electron chi connectivity index (χ4n) is 3.26. The minimum atomic E-state index is -0.362. The number of rotatable bonds is 7. The van der Waals surface area contributed by atoms with Crippen LogP contribution in [0.5, 0.6) is 0 Å². The number of nitrogens with one attached hydrogen (secondary N) is 3. The number of urea groups is 1. The lowest BCUT2D eigenvalue weighted by molar-refractivity contribution is -0.116. The van der Waals surface area contributed by atoms with E-state index in [1.54, 1.807) is 47.9 Å². The van der Waals surface area contributed by atoms with Crippen LogP contribution in [-0.2, 0) is 9.59 Å². The molecule has 0 unspecified atom stereocenters. The van der Waals surface area contributed by atoms with E-state index in [9.17, 15) is 14.4 Å². The number of anilines is 5. The van der Waals surface area contributed by atoms with E-state index in [1.165, 1.54) is 29.2 Å². The van der Waals surface area contributed by atoms with Crippen LogP contribution in [0.4, 0.5) is 32.7 Å². The van der Waals surface area contributed by atoms with E-state index in [4.69, 9.17) is 0 Å². The molecule has 0 radical (unpaired) electrons. The van der Waals surface area contributed by atoms with Gasteiger partial charge in [-0.15, -0.1) is 11.3 Å². The molecule has 0 aliphatic heterocycles. The van der Waals surface area contributed by atoms with Crippen molar-refractivity contribution < 1.29 is 14.4 Å². The Morgan fingerprint density at radius 1 is 0.778 bits per heavy atom. The quantitative estimate of drug-likeness (QED) is 0.268. The summed E-state index contributed by atoms with van der Waals surface area (Å²) in [5.74, 6) is -0.488. The van der Waals surface area contributed by atoms with Crippen LogP contribution >= 0.6 is 11.3 Å². The molecule has 0 fully saturated rings. The molecule has 4 amide bonds. The van der Waals surface area contributed by atoms with Gasteiger partial charge in [0.1, 0.15) is 0 Å². The summed E-state index contributed by atoms with van der Waals surface area (Å²) in [5.41, 5.74) is 3.14. The number of carbonyl (C=O) groups excluding carboxylic acids is 3. The molecule has 4 aromatic rings. The molecule has 36 heavy (non-hydrogen) atoms. The van der Waals surface area contributed by atoms with Crippen LogP contribution in [0.25, 0.3) is 6.08 Å².